The average Bonchev–Trinajstić information content (AvgIpc) is 2.98. The molecule has 0 fully saturated rings. The lowest BCUT2D eigenvalue weighted by Crippen LogP contribution is -2.30. The summed E-state index contributed by atoms with van der Waals surface area (Å²) in [5.41, 5.74) is 2.40. The summed E-state index contributed by atoms with van der Waals surface area (Å²) in [6.07, 6.45) is 5.23. The summed E-state index contributed by atoms with van der Waals surface area (Å²) in [6, 6.07) is 6.19. The minimum absolute atomic E-state index is 0.0198. The zero-order valence-electron chi connectivity index (χ0n) is 13.1. The molecule has 3 rings (SSSR count). The lowest BCUT2D eigenvalue weighted by Gasteiger charge is -2.20. The lowest BCUT2D eigenvalue weighted by atomic mass is 10.1. The summed E-state index contributed by atoms with van der Waals surface area (Å²) in [5, 5.41) is 12.7. The number of nitrogens with zero attached hydrogens (tertiary/aromatic N) is 3. The summed E-state index contributed by atoms with van der Waals surface area (Å²) >= 11 is 0. The molecule has 0 amide bonds. The molecule has 2 N–H and O–H groups in total. The average molecular weight is 314 g/mol. The molecule has 0 aliphatic heterocycles. The van der Waals surface area contributed by atoms with Crippen molar-refractivity contribution < 1.29 is 9.50 Å². The minimum atomic E-state index is -0.269. The van der Waals surface area contributed by atoms with Crippen LogP contribution >= 0.6 is 0 Å². The monoisotopic (exact) mass is 314 g/mol. The van der Waals surface area contributed by atoms with E-state index in [1.165, 1.54) is 12.1 Å². The Bertz CT molecular complexity index is 798. The van der Waals surface area contributed by atoms with Crippen molar-refractivity contribution in [1.82, 2.24) is 14.4 Å². The highest BCUT2D eigenvalue weighted by atomic mass is 19.1. The van der Waals surface area contributed by atoms with E-state index in [-0.39, 0.29) is 24.4 Å². The first-order valence-electron chi connectivity index (χ1n) is 7.55. The topological polar surface area (TPSA) is 62.5 Å². The predicted molar refractivity (Wildman–Crippen MR) is 87.7 cm³/mol. The minimum Gasteiger partial charge on any atom is -0.394 e. The van der Waals surface area contributed by atoms with Gasteiger partial charge in [0.25, 0.3) is 0 Å². The largest absolute Gasteiger partial charge is 0.394 e. The molecule has 0 saturated heterocycles. The van der Waals surface area contributed by atoms with Gasteiger partial charge in [0.1, 0.15) is 5.82 Å². The van der Waals surface area contributed by atoms with Gasteiger partial charge in [0.2, 0.25) is 0 Å². The maximum Gasteiger partial charge on any atom is 0.180 e. The Kier molecular flexibility index (Phi) is 4.25. The van der Waals surface area contributed by atoms with Gasteiger partial charge < -0.3 is 10.4 Å². The fourth-order valence-electron chi connectivity index (χ4n) is 2.45. The summed E-state index contributed by atoms with van der Waals surface area (Å²) in [4.78, 5) is 8.76. The van der Waals surface area contributed by atoms with Crippen LogP contribution in [0.1, 0.15) is 13.8 Å². The predicted octanol–water partition coefficient (Wildman–Crippen LogP) is 2.96. The smallest absolute Gasteiger partial charge is 0.180 e. The normalized spacial score (nSPS) is 12.7. The molecule has 0 radical (unpaired) electrons. The van der Waals surface area contributed by atoms with Gasteiger partial charge in [-0.2, -0.15) is 0 Å². The van der Waals surface area contributed by atoms with Crippen molar-refractivity contribution in [2.75, 3.05) is 11.9 Å². The molecule has 1 atom stereocenters. The van der Waals surface area contributed by atoms with Gasteiger partial charge in [-0.05, 0) is 30.2 Å². The molecule has 0 saturated carbocycles. The molecule has 0 aliphatic carbocycles. The van der Waals surface area contributed by atoms with Crippen LogP contribution in [0.4, 0.5) is 10.2 Å². The Hall–Kier alpha value is -2.47. The standard InChI is InChI=1S/C17H19FN4O/c1-11(2)14(10-23)21-16-17-20-9-15(22(17)8-7-19-16)12-3-5-13(18)6-4-12/h3-9,11,14,23H,10H2,1-2H3,(H,19,21). The SMILES string of the molecule is CC(C)C(CO)Nc1nccn2c(-c3ccc(F)cc3)cnc12. The second-order valence-electron chi connectivity index (χ2n) is 5.80. The second-order valence-corrected chi connectivity index (χ2v) is 5.80. The van der Waals surface area contributed by atoms with E-state index in [2.05, 4.69) is 15.3 Å². The molecular formula is C17H19FN4O. The molecule has 3 aromatic rings. The molecule has 120 valence electrons. The molecule has 0 aliphatic rings. The van der Waals surface area contributed by atoms with Crippen molar-refractivity contribution in [2.45, 2.75) is 19.9 Å². The van der Waals surface area contributed by atoms with Crippen LogP contribution in [0.25, 0.3) is 16.9 Å². The van der Waals surface area contributed by atoms with Crippen LogP contribution in [-0.2, 0) is 0 Å². The van der Waals surface area contributed by atoms with Gasteiger partial charge >= 0.3 is 0 Å². The van der Waals surface area contributed by atoms with E-state index in [1.807, 2.05) is 24.4 Å². The van der Waals surface area contributed by atoms with Crippen molar-refractivity contribution in [1.29, 1.82) is 0 Å². The number of halogens is 1. The highest BCUT2D eigenvalue weighted by molar-refractivity contribution is 5.70. The number of fused-ring (bicyclic) bond motifs is 1. The van der Waals surface area contributed by atoms with E-state index in [1.54, 1.807) is 24.5 Å². The van der Waals surface area contributed by atoms with Crippen molar-refractivity contribution in [3.05, 3.63) is 48.7 Å². The summed E-state index contributed by atoms with van der Waals surface area (Å²) in [7, 11) is 0. The van der Waals surface area contributed by atoms with Crippen LogP contribution in [0.15, 0.2) is 42.9 Å². The zero-order valence-corrected chi connectivity index (χ0v) is 13.1. The Morgan fingerprint density at radius 3 is 2.61 bits per heavy atom. The maximum absolute atomic E-state index is 13.1. The fraction of sp³-hybridized carbons (Fsp3) is 0.294. The summed E-state index contributed by atoms with van der Waals surface area (Å²) < 4.78 is 15.0. The molecule has 2 heterocycles. The third-order valence-electron chi connectivity index (χ3n) is 3.89. The summed E-state index contributed by atoms with van der Waals surface area (Å²) in [6.45, 7) is 4.08. The van der Waals surface area contributed by atoms with Crippen molar-refractivity contribution in [3.63, 3.8) is 0 Å². The Morgan fingerprint density at radius 1 is 1.22 bits per heavy atom. The van der Waals surface area contributed by atoms with E-state index in [0.717, 1.165) is 11.3 Å². The van der Waals surface area contributed by atoms with Crippen LogP contribution in [0.5, 0.6) is 0 Å². The molecular weight excluding hydrogens is 295 g/mol. The Labute approximate surface area is 133 Å². The molecule has 23 heavy (non-hydrogen) atoms. The van der Waals surface area contributed by atoms with E-state index < -0.39 is 0 Å². The molecule has 6 heteroatoms. The Morgan fingerprint density at radius 2 is 1.96 bits per heavy atom. The van der Waals surface area contributed by atoms with Gasteiger partial charge in [0.15, 0.2) is 11.5 Å². The van der Waals surface area contributed by atoms with Crippen LogP contribution in [0.2, 0.25) is 0 Å². The number of anilines is 1. The van der Waals surface area contributed by atoms with Crippen molar-refractivity contribution >= 4 is 11.5 Å². The number of nitrogens with one attached hydrogen (secondary N) is 1. The van der Waals surface area contributed by atoms with Crippen LogP contribution in [0, 0.1) is 11.7 Å². The third-order valence-corrected chi connectivity index (χ3v) is 3.89. The quantitative estimate of drug-likeness (QED) is 0.760. The van der Waals surface area contributed by atoms with Crippen molar-refractivity contribution in [3.8, 4) is 11.3 Å². The van der Waals surface area contributed by atoms with Crippen molar-refractivity contribution in [2.24, 2.45) is 5.92 Å². The van der Waals surface area contributed by atoms with Crippen LogP contribution < -0.4 is 5.32 Å². The number of hydrogen-bond donors (Lipinski definition) is 2. The van der Waals surface area contributed by atoms with Gasteiger partial charge in [-0.3, -0.25) is 4.40 Å². The van der Waals surface area contributed by atoms with Gasteiger partial charge in [0.05, 0.1) is 24.5 Å². The van der Waals surface area contributed by atoms with E-state index in [0.29, 0.717) is 11.5 Å². The highest BCUT2D eigenvalue weighted by Gasteiger charge is 2.16. The Balaban J connectivity index is 2.02. The number of hydrogen-bond acceptors (Lipinski definition) is 4. The summed E-state index contributed by atoms with van der Waals surface area (Å²) in [5.74, 6) is 0.608. The van der Waals surface area contributed by atoms with Crippen LogP contribution in [-0.4, -0.2) is 32.1 Å². The second kappa shape index (κ2) is 6.34. The zero-order chi connectivity index (χ0) is 16.4. The van der Waals surface area contributed by atoms with Gasteiger partial charge in [0, 0.05) is 18.0 Å². The number of aliphatic hydroxyl groups excluding tert-OH is 1. The van der Waals surface area contributed by atoms with E-state index >= 15 is 0 Å². The molecule has 0 spiro atoms. The maximum atomic E-state index is 13.1. The highest BCUT2D eigenvalue weighted by Crippen LogP contribution is 2.24. The first-order chi connectivity index (χ1) is 11.1. The number of aliphatic hydroxyl groups is 1. The number of imidazole rings is 1. The van der Waals surface area contributed by atoms with Gasteiger partial charge in [-0.15, -0.1) is 0 Å². The van der Waals surface area contributed by atoms with E-state index in [9.17, 15) is 9.50 Å². The molecule has 1 aromatic carbocycles. The van der Waals surface area contributed by atoms with Gasteiger partial charge in [-0.1, -0.05) is 13.8 Å². The number of aromatic nitrogens is 3. The molecule has 0 bridgehead atoms. The number of rotatable bonds is 5. The van der Waals surface area contributed by atoms with Crippen LogP contribution in [0.3, 0.4) is 0 Å². The number of benzene rings is 1. The molecule has 5 nitrogen and oxygen atoms in total. The first kappa shape index (κ1) is 15.4. The fourth-order valence-corrected chi connectivity index (χ4v) is 2.45. The van der Waals surface area contributed by atoms with E-state index in [4.69, 9.17) is 0 Å². The third kappa shape index (κ3) is 3.03. The molecule has 2 aromatic heterocycles. The lowest BCUT2D eigenvalue weighted by molar-refractivity contribution is 0.249. The molecule has 1 unspecified atom stereocenters. The van der Waals surface area contributed by atoms with Gasteiger partial charge in [-0.25, -0.2) is 14.4 Å². The first-order valence-corrected chi connectivity index (χ1v) is 7.55.